The molecule has 1 heterocycles. The Morgan fingerprint density at radius 2 is 1.83 bits per heavy atom. The fraction of sp³-hybridized carbons (Fsp3) is 0.500. The van der Waals surface area contributed by atoms with E-state index in [4.69, 9.17) is 4.74 Å². The van der Waals surface area contributed by atoms with E-state index >= 15 is 0 Å². The zero-order chi connectivity index (χ0) is 17.9. The van der Waals surface area contributed by atoms with Gasteiger partial charge in [-0.2, -0.15) is 13.2 Å². The molecule has 2 rings (SSSR count). The van der Waals surface area contributed by atoms with Crippen LogP contribution in [0.4, 0.5) is 23.7 Å². The molecular formula is C16H19F3N2O3. The summed E-state index contributed by atoms with van der Waals surface area (Å²) in [6.07, 6.45) is -4.70. The minimum Gasteiger partial charge on any atom is -0.447 e. The van der Waals surface area contributed by atoms with Gasteiger partial charge >= 0.3 is 12.3 Å². The molecule has 1 aromatic rings. The topological polar surface area (TPSA) is 49.9 Å². The van der Waals surface area contributed by atoms with Gasteiger partial charge in [0.05, 0.1) is 11.7 Å². The number of amides is 1. The minimum atomic E-state index is -4.49. The average Bonchev–Trinajstić information content (AvgIpc) is 2.53. The van der Waals surface area contributed by atoms with Gasteiger partial charge in [0.15, 0.2) is 6.29 Å². The van der Waals surface area contributed by atoms with Crippen LogP contribution >= 0.6 is 0 Å². The van der Waals surface area contributed by atoms with Crippen LogP contribution < -0.4 is 4.90 Å². The Labute approximate surface area is 138 Å². The first-order valence-corrected chi connectivity index (χ1v) is 7.59. The van der Waals surface area contributed by atoms with Crippen molar-refractivity contribution in [2.75, 3.05) is 31.1 Å². The second kappa shape index (κ2) is 7.11. The number of ether oxygens (including phenoxy) is 1. The van der Waals surface area contributed by atoms with Gasteiger partial charge in [-0.1, -0.05) is 0 Å². The quantitative estimate of drug-likeness (QED) is 0.790. The first-order valence-electron chi connectivity index (χ1n) is 7.59. The van der Waals surface area contributed by atoms with Gasteiger partial charge in [0.1, 0.15) is 0 Å². The molecule has 1 fully saturated rings. The summed E-state index contributed by atoms with van der Waals surface area (Å²) in [5.41, 5.74) is -0.426. The minimum absolute atomic E-state index is 0.0111. The maximum Gasteiger partial charge on any atom is 0.416 e. The van der Waals surface area contributed by atoms with Gasteiger partial charge in [0.25, 0.3) is 0 Å². The Morgan fingerprint density at radius 3 is 2.33 bits per heavy atom. The summed E-state index contributed by atoms with van der Waals surface area (Å²) in [5, 5.41) is 0. The molecule has 5 nitrogen and oxygen atoms in total. The number of carbonyl (C=O) groups is 2. The SMILES string of the molecule is CC(C)OC(=O)N1CCN(c2ccc(C(F)(F)F)cc2C=O)CC1. The number of hydrogen-bond donors (Lipinski definition) is 0. The molecule has 8 heteroatoms. The summed E-state index contributed by atoms with van der Waals surface area (Å²) in [5.74, 6) is 0. The summed E-state index contributed by atoms with van der Waals surface area (Å²) in [4.78, 5) is 26.3. The highest BCUT2D eigenvalue weighted by Crippen LogP contribution is 2.32. The van der Waals surface area contributed by atoms with Crippen LogP contribution in [0.2, 0.25) is 0 Å². The van der Waals surface area contributed by atoms with Crippen LogP contribution in [-0.2, 0) is 10.9 Å². The zero-order valence-corrected chi connectivity index (χ0v) is 13.5. The standard InChI is InChI=1S/C16H19F3N2O3/c1-11(2)24-15(23)21-7-5-20(6-8-21)14-4-3-13(16(17,18)19)9-12(14)10-22/h3-4,9-11H,5-8H2,1-2H3. The van der Waals surface area contributed by atoms with Crippen molar-refractivity contribution in [2.45, 2.75) is 26.1 Å². The number of carbonyl (C=O) groups excluding carboxylic acids is 2. The molecule has 1 aliphatic rings. The fourth-order valence-electron chi connectivity index (χ4n) is 2.52. The van der Waals surface area contributed by atoms with E-state index in [2.05, 4.69) is 0 Å². The summed E-state index contributed by atoms with van der Waals surface area (Å²) in [7, 11) is 0. The lowest BCUT2D eigenvalue weighted by Gasteiger charge is -2.36. The second-order valence-electron chi connectivity index (χ2n) is 5.80. The lowest BCUT2D eigenvalue weighted by Crippen LogP contribution is -2.49. The third-order valence-corrected chi connectivity index (χ3v) is 3.70. The number of piperazine rings is 1. The third-order valence-electron chi connectivity index (χ3n) is 3.70. The van der Waals surface area contributed by atoms with E-state index in [1.807, 2.05) is 0 Å². The Bertz CT molecular complexity index is 609. The van der Waals surface area contributed by atoms with Crippen LogP contribution in [0.15, 0.2) is 18.2 Å². The van der Waals surface area contributed by atoms with Crippen molar-refractivity contribution >= 4 is 18.1 Å². The molecule has 132 valence electrons. The largest absolute Gasteiger partial charge is 0.447 e. The van der Waals surface area contributed by atoms with Crippen molar-refractivity contribution in [3.8, 4) is 0 Å². The highest BCUT2D eigenvalue weighted by Gasteiger charge is 2.32. The molecule has 0 saturated carbocycles. The molecule has 0 bridgehead atoms. The van der Waals surface area contributed by atoms with Crippen molar-refractivity contribution in [2.24, 2.45) is 0 Å². The van der Waals surface area contributed by atoms with Crippen molar-refractivity contribution in [3.63, 3.8) is 0 Å². The Kier molecular flexibility index (Phi) is 5.36. The number of hydrogen-bond acceptors (Lipinski definition) is 4. The molecule has 0 spiro atoms. The molecule has 1 amide bonds. The highest BCUT2D eigenvalue weighted by atomic mass is 19.4. The molecule has 0 unspecified atom stereocenters. The van der Waals surface area contributed by atoms with Crippen LogP contribution in [0, 0.1) is 0 Å². The van der Waals surface area contributed by atoms with Gasteiger partial charge < -0.3 is 14.5 Å². The highest BCUT2D eigenvalue weighted by molar-refractivity contribution is 5.85. The summed E-state index contributed by atoms with van der Waals surface area (Å²) in [6, 6.07) is 3.11. The fourth-order valence-corrected chi connectivity index (χ4v) is 2.52. The number of alkyl halides is 3. The van der Waals surface area contributed by atoms with Gasteiger partial charge in [-0.3, -0.25) is 4.79 Å². The normalized spacial score (nSPS) is 15.6. The Morgan fingerprint density at radius 1 is 1.21 bits per heavy atom. The van der Waals surface area contributed by atoms with Gasteiger partial charge in [-0.25, -0.2) is 4.79 Å². The van der Waals surface area contributed by atoms with Crippen LogP contribution in [-0.4, -0.2) is 49.6 Å². The number of rotatable bonds is 3. The van der Waals surface area contributed by atoms with Crippen molar-refractivity contribution in [1.82, 2.24) is 4.90 Å². The lowest BCUT2D eigenvalue weighted by molar-refractivity contribution is -0.137. The van der Waals surface area contributed by atoms with E-state index in [-0.39, 0.29) is 11.7 Å². The first-order chi connectivity index (χ1) is 11.2. The number of anilines is 1. The first kappa shape index (κ1) is 18.1. The van der Waals surface area contributed by atoms with Crippen LogP contribution in [0.25, 0.3) is 0 Å². The number of aldehydes is 1. The maximum atomic E-state index is 12.7. The predicted molar refractivity (Wildman–Crippen MR) is 82.2 cm³/mol. The van der Waals surface area contributed by atoms with Gasteiger partial charge in [0, 0.05) is 37.4 Å². The van der Waals surface area contributed by atoms with Gasteiger partial charge in [0.2, 0.25) is 0 Å². The maximum absolute atomic E-state index is 12.7. The third kappa shape index (κ3) is 4.18. The molecule has 1 aliphatic heterocycles. The van der Waals surface area contributed by atoms with Gasteiger partial charge in [-0.05, 0) is 32.0 Å². The smallest absolute Gasteiger partial charge is 0.416 e. The molecular weight excluding hydrogens is 325 g/mol. The van der Waals surface area contributed by atoms with Crippen molar-refractivity contribution in [3.05, 3.63) is 29.3 Å². The molecule has 0 atom stereocenters. The molecule has 1 saturated heterocycles. The predicted octanol–water partition coefficient (Wildman–Crippen LogP) is 3.18. The lowest BCUT2D eigenvalue weighted by atomic mass is 10.1. The van der Waals surface area contributed by atoms with E-state index in [1.165, 1.54) is 6.07 Å². The average molecular weight is 344 g/mol. The number of nitrogens with zero attached hydrogens (tertiary/aromatic N) is 2. The van der Waals surface area contributed by atoms with Crippen molar-refractivity contribution in [1.29, 1.82) is 0 Å². The molecule has 24 heavy (non-hydrogen) atoms. The second-order valence-corrected chi connectivity index (χ2v) is 5.80. The summed E-state index contributed by atoms with van der Waals surface area (Å²) in [6.45, 7) is 5.11. The zero-order valence-electron chi connectivity index (χ0n) is 13.5. The summed E-state index contributed by atoms with van der Waals surface area (Å²) < 4.78 is 43.3. The molecule has 0 aromatic heterocycles. The van der Waals surface area contributed by atoms with E-state index in [9.17, 15) is 22.8 Å². The Balaban J connectivity index is 2.09. The number of benzene rings is 1. The number of halogens is 3. The van der Waals surface area contributed by atoms with Crippen LogP contribution in [0.3, 0.4) is 0 Å². The monoisotopic (exact) mass is 344 g/mol. The van der Waals surface area contributed by atoms with Crippen molar-refractivity contribution < 1.29 is 27.5 Å². The molecule has 0 aliphatic carbocycles. The molecule has 1 aromatic carbocycles. The molecule has 0 N–H and O–H groups in total. The van der Waals surface area contributed by atoms with E-state index in [1.54, 1.807) is 23.6 Å². The summed E-state index contributed by atoms with van der Waals surface area (Å²) >= 11 is 0. The van der Waals surface area contributed by atoms with E-state index in [0.717, 1.165) is 12.1 Å². The molecule has 0 radical (unpaired) electrons. The van der Waals surface area contributed by atoms with Crippen LogP contribution in [0.1, 0.15) is 29.8 Å². The Hall–Kier alpha value is -2.25. The van der Waals surface area contributed by atoms with E-state index in [0.29, 0.717) is 38.2 Å². The van der Waals surface area contributed by atoms with E-state index < -0.39 is 17.8 Å². The van der Waals surface area contributed by atoms with Gasteiger partial charge in [-0.15, -0.1) is 0 Å². The van der Waals surface area contributed by atoms with Crippen LogP contribution in [0.5, 0.6) is 0 Å².